The summed E-state index contributed by atoms with van der Waals surface area (Å²) >= 11 is 0. The van der Waals surface area contributed by atoms with Gasteiger partial charge >= 0.3 is 0 Å². The first kappa shape index (κ1) is 18.4. The predicted molar refractivity (Wildman–Crippen MR) is 103 cm³/mol. The standard InChI is InChI=1S/C21H28FN3O2/c1-14(21(26)24-12-17-3-2-10-27-17)25-8-6-15(7-9-25)19-13-23-20-11-16(22)4-5-18(19)20/h4-5,11,13-15,17,23H,2-3,6-10,12H2,1H3,(H,24,26). The lowest BCUT2D eigenvalue weighted by Crippen LogP contribution is -2.49. The Balaban J connectivity index is 1.31. The summed E-state index contributed by atoms with van der Waals surface area (Å²) in [6.45, 7) is 5.20. The molecule has 0 aliphatic carbocycles. The van der Waals surface area contributed by atoms with Crippen molar-refractivity contribution in [2.24, 2.45) is 0 Å². The minimum Gasteiger partial charge on any atom is -0.376 e. The highest BCUT2D eigenvalue weighted by atomic mass is 19.1. The molecule has 1 aromatic carbocycles. The zero-order chi connectivity index (χ0) is 18.8. The largest absolute Gasteiger partial charge is 0.376 e. The van der Waals surface area contributed by atoms with Crippen LogP contribution in [0.4, 0.5) is 4.39 Å². The molecular formula is C21H28FN3O2. The molecular weight excluding hydrogens is 345 g/mol. The first-order valence-corrected chi connectivity index (χ1v) is 10.0. The van der Waals surface area contributed by atoms with Crippen molar-refractivity contribution in [2.75, 3.05) is 26.2 Å². The second-order valence-corrected chi connectivity index (χ2v) is 7.80. The van der Waals surface area contributed by atoms with E-state index in [4.69, 9.17) is 4.74 Å². The molecule has 146 valence electrons. The van der Waals surface area contributed by atoms with Crippen LogP contribution < -0.4 is 5.32 Å². The number of nitrogens with one attached hydrogen (secondary N) is 2. The number of hydrogen-bond donors (Lipinski definition) is 2. The van der Waals surface area contributed by atoms with E-state index >= 15 is 0 Å². The van der Waals surface area contributed by atoms with Gasteiger partial charge in [-0.1, -0.05) is 0 Å². The van der Waals surface area contributed by atoms with Gasteiger partial charge in [-0.05, 0) is 75.4 Å². The second kappa shape index (κ2) is 7.98. The summed E-state index contributed by atoms with van der Waals surface area (Å²) in [5, 5.41) is 4.15. The molecule has 5 nitrogen and oxygen atoms in total. The van der Waals surface area contributed by atoms with E-state index in [9.17, 15) is 9.18 Å². The molecule has 2 aromatic rings. The summed E-state index contributed by atoms with van der Waals surface area (Å²) in [5.41, 5.74) is 2.12. The molecule has 0 radical (unpaired) electrons. The molecule has 2 unspecified atom stereocenters. The molecule has 0 bridgehead atoms. The number of carbonyl (C=O) groups excluding carboxylic acids is 1. The van der Waals surface area contributed by atoms with Crippen molar-refractivity contribution in [2.45, 2.75) is 50.7 Å². The third kappa shape index (κ3) is 4.01. The number of hydrogen-bond acceptors (Lipinski definition) is 3. The summed E-state index contributed by atoms with van der Waals surface area (Å²) in [6, 6.07) is 4.82. The Bertz CT molecular complexity index is 792. The number of aromatic amines is 1. The molecule has 0 spiro atoms. The van der Waals surface area contributed by atoms with Gasteiger partial charge in [0.25, 0.3) is 0 Å². The van der Waals surface area contributed by atoms with Crippen molar-refractivity contribution >= 4 is 16.8 Å². The van der Waals surface area contributed by atoms with E-state index in [0.717, 1.165) is 56.3 Å². The Labute approximate surface area is 159 Å². The van der Waals surface area contributed by atoms with E-state index in [-0.39, 0.29) is 23.9 Å². The molecule has 2 aliphatic heterocycles. The summed E-state index contributed by atoms with van der Waals surface area (Å²) in [6.07, 6.45) is 6.33. The molecule has 4 rings (SSSR count). The van der Waals surface area contributed by atoms with Gasteiger partial charge in [0.15, 0.2) is 0 Å². The van der Waals surface area contributed by atoms with E-state index < -0.39 is 0 Å². The van der Waals surface area contributed by atoms with Crippen LogP contribution in [0.25, 0.3) is 10.9 Å². The van der Waals surface area contributed by atoms with Crippen molar-refractivity contribution in [3.8, 4) is 0 Å². The predicted octanol–water partition coefficient (Wildman–Crippen LogP) is 3.17. The number of H-pyrrole nitrogens is 1. The average Bonchev–Trinajstić information content (AvgIpc) is 3.35. The van der Waals surface area contributed by atoms with Gasteiger partial charge in [0.2, 0.25) is 5.91 Å². The van der Waals surface area contributed by atoms with Crippen LogP contribution in [0.1, 0.15) is 44.1 Å². The molecule has 27 heavy (non-hydrogen) atoms. The van der Waals surface area contributed by atoms with Gasteiger partial charge in [0.05, 0.1) is 12.1 Å². The van der Waals surface area contributed by atoms with Gasteiger partial charge in [0.1, 0.15) is 5.82 Å². The maximum atomic E-state index is 13.4. The molecule has 0 saturated carbocycles. The number of piperidine rings is 1. The second-order valence-electron chi connectivity index (χ2n) is 7.80. The van der Waals surface area contributed by atoms with Crippen molar-refractivity contribution in [3.05, 3.63) is 35.8 Å². The minimum atomic E-state index is -0.214. The van der Waals surface area contributed by atoms with E-state index in [1.54, 1.807) is 6.07 Å². The number of benzene rings is 1. The molecule has 2 saturated heterocycles. The molecule has 3 heterocycles. The Morgan fingerprint density at radius 1 is 1.37 bits per heavy atom. The fourth-order valence-electron chi connectivity index (χ4n) is 4.39. The fourth-order valence-corrected chi connectivity index (χ4v) is 4.39. The quantitative estimate of drug-likeness (QED) is 0.846. The number of amides is 1. The van der Waals surface area contributed by atoms with Gasteiger partial charge in [0, 0.05) is 30.3 Å². The Kier molecular flexibility index (Phi) is 5.45. The van der Waals surface area contributed by atoms with Crippen LogP contribution in [0, 0.1) is 5.82 Å². The van der Waals surface area contributed by atoms with E-state index in [1.165, 1.54) is 11.6 Å². The first-order chi connectivity index (χ1) is 13.1. The molecule has 1 amide bonds. The van der Waals surface area contributed by atoms with Crippen LogP contribution in [0.3, 0.4) is 0 Å². The van der Waals surface area contributed by atoms with Crippen LogP contribution in [0.2, 0.25) is 0 Å². The summed E-state index contributed by atoms with van der Waals surface area (Å²) in [4.78, 5) is 17.9. The third-order valence-electron chi connectivity index (χ3n) is 6.10. The lowest BCUT2D eigenvalue weighted by Gasteiger charge is -2.35. The van der Waals surface area contributed by atoms with Crippen LogP contribution in [-0.4, -0.2) is 54.2 Å². The smallest absolute Gasteiger partial charge is 0.237 e. The van der Waals surface area contributed by atoms with Gasteiger partial charge in [-0.3, -0.25) is 9.69 Å². The highest BCUT2D eigenvalue weighted by molar-refractivity contribution is 5.84. The van der Waals surface area contributed by atoms with Crippen LogP contribution >= 0.6 is 0 Å². The number of likely N-dealkylation sites (tertiary alicyclic amines) is 1. The normalized spacial score (nSPS) is 23.0. The maximum Gasteiger partial charge on any atom is 0.237 e. The number of nitrogens with zero attached hydrogens (tertiary/aromatic N) is 1. The number of aromatic nitrogens is 1. The first-order valence-electron chi connectivity index (χ1n) is 10.0. The molecule has 2 aliphatic rings. The summed E-state index contributed by atoms with van der Waals surface area (Å²) < 4.78 is 19.0. The van der Waals surface area contributed by atoms with Crippen LogP contribution in [0.15, 0.2) is 24.4 Å². The Morgan fingerprint density at radius 2 is 2.19 bits per heavy atom. The minimum absolute atomic E-state index is 0.0894. The Morgan fingerprint density at radius 3 is 2.93 bits per heavy atom. The van der Waals surface area contributed by atoms with E-state index in [2.05, 4.69) is 15.2 Å². The van der Waals surface area contributed by atoms with Crippen molar-refractivity contribution < 1.29 is 13.9 Å². The summed E-state index contributed by atoms with van der Waals surface area (Å²) in [5.74, 6) is 0.322. The van der Waals surface area contributed by atoms with Crippen LogP contribution in [-0.2, 0) is 9.53 Å². The molecule has 2 fully saturated rings. The Hall–Kier alpha value is -1.92. The third-order valence-corrected chi connectivity index (χ3v) is 6.10. The molecule has 2 atom stereocenters. The highest BCUT2D eigenvalue weighted by Gasteiger charge is 2.28. The van der Waals surface area contributed by atoms with Crippen molar-refractivity contribution in [1.29, 1.82) is 0 Å². The van der Waals surface area contributed by atoms with Gasteiger partial charge in [-0.2, -0.15) is 0 Å². The van der Waals surface area contributed by atoms with Gasteiger partial charge < -0.3 is 15.0 Å². The number of halogens is 1. The molecule has 1 aromatic heterocycles. The highest BCUT2D eigenvalue weighted by Crippen LogP contribution is 2.33. The SMILES string of the molecule is CC(C(=O)NCC1CCCO1)N1CCC(c2c[nH]c3cc(F)ccc23)CC1. The lowest BCUT2D eigenvalue weighted by molar-refractivity contribution is -0.126. The van der Waals surface area contributed by atoms with Crippen LogP contribution in [0.5, 0.6) is 0 Å². The van der Waals surface area contributed by atoms with E-state index in [1.807, 2.05) is 19.2 Å². The number of ether oxygens (including phenoxy) is 1. The van der Waals surface area contributed by atoms with Gasteiger partial charge in [-0.15, -0.1) is 0 Å². The number of carbonyl (C=O) groups is 1. The number of rotatable bonds is 5. The topological polar surface area (TPSA) is 57.4 Å². The molecule has 2 N–H and O–H groups in total. The zero-order valence-electron chi connectivity index (χ0n) is 15.8. The number of fused-ring (bicyclic) bond motifs is 1. The lowest BCUT2D eigenvalue weighted by atomic mass is 9.88. The molecule has 6 heteroatoms. The fraction of sp³-hybridized carbons (Fsp3) is 0.571. The zero-order valence-corrected chi connectivity index (χ0v) is 15.8. The van der Waals surface area contributed by atoms with E-state index in [0.29, 0.717) is 12.5 Å². The van der Waals surface area contributed by atoms with Crippen molar-refractivity contribution in [1.82, 2.24) is 15.2 Å². The maximum absolute atomic E-state index is 13.4. The van der Waals surface area contributed by atoms with Gasteiger partial charge in [-0.25, -0.2) is 4.39 Å². The van der Waals surface area contributed by atoms with Crippen molar-refractivity contribution in [3.63, 3.8) is 0 Å². The average molecular weight is 373 g/mol. The monoisotopic (exact) mass is 373 g/mol. The summed E-state index contributed by atoms with van der Waals surface area (Å²) in [7, 11) is 0.